The van der Waals surface area contributed by atoms with Crippen molar-refractivity contribution in [2.24, 2.45) is 5.92 Å². The monoisotopic (exact) mass is 220 g/mol. The summed E-state index contributed by atoms with van der Waals surface area (Å²) in [7, 11) is 0. The van der Waals surface area contributed by atoms with Gasteiger partial charge in [0.1, 0.15) is 5.75 Å². The van der Waals surface area contributed by atoms with E-state index in [9.17, 15) is 0 Å². The van der Waals surface area contributed by atoms with Crippen molar-refractivity contribution in [3.8, 4) is 5.75 Å². The molecule has 1 fully saturated rings. The summed E-state index contributed by atoms with van der Waals surface area (Å²) in [6, 6.07) is 2.44. The molecule has 0 unspecified atom stereocenters. The van der Waals surface area contributed by atoms with E-state index >= 15 is 0 Å². The number of aromatic nitrogens is 1. The Bertz CT molecular complexity index is 309. The van der Waals surface area contributed by atoms with Gasteiger partial charge in [-0.05, 0) is 24.8 Å². The predicted molar refractivity (Wildman–Crippen MR) is 64.4 cm³/mol. The second-order valence-electron chi connectivity index (χ2n) is 4.77. The summed E-state index contributed by atoms with van der Waals surface area (Å²) in [6.07, 6.45) is 6.33. The highest BCUT2D eigenvalue weighted by atomic mass is 16.5. The van der Waals surface area contributed by atoms with Crippen molar-refractivity contribution in [1.29, 1.82) is 0 Å². The predicted octanol–water partition coefficient (Wildman–Crippen LogP) is 2.37. The number of ether oxygens (including phenoxy) is 1. The Morgan fingerprint density at radius 1 is 1.50 bits per heavy atom. The van der Waals surface area contributed by atoms with Crippen molar-refractivity contribution in [1.82, 2.24) is 10.3 Å². The van der Waals surface area contributed by atoms with E-state index in [0.717, 1.165) is 30.4 Å². The van der Waals surface area contributed by atoms with Crippen LogP contribution in [0.15, 0.2) is 18.5 Å². The fraction of sp³-hybridized carbons (Fsp3) is 0.615. The summed E-state index contributed by atoms with van der Waals surface area (Å²) < 4.78 is 5.81. The van der Waals surface area contributed by atoms with Gasteiger partial charge in [0.25, 0.3) is 0 Å². The Hall–Kier alpha value is -1.09. The molecule has 3 nitrogen and oxygen atoms in total. The first kappa shape index (κ1) is 11.4. The Morgan fingerprint density at radius 3 is 3.00 bits per heavy atom. The van der Waals surface area contributed by atoms with E-state index in [1.165, 1.54) is 12.8 Å². The molecule has 1 aromatic heterocycles. The third-order valence-corrected chi connectivity index (χ3v) is 2.73. The molecule has 88 valence electrons. The molecule has 0 amide bonds. The molecule has 0 atom stereocenters. The van der Waals surface area contributed by atoms with E-state index < -0.39 is 0 Å². The summed E-state index contributed by atoms with van der Waals surface area (Å²) in [5, 5.41) is 3.39. The minimum atomic E-state index is 0.483. The molecule has 0 saturated heterocycles. The lowest BCUT2D eigenvalue weighted by atomic mass is 10.2. The van der Waals surface area contributed by atoms with Crippen molar-refractivity contribution < 1.29 is 4.74 Å². The maximum atomic E-state index is 5.81. The molecule has 0 bridgehead atoms. The SMILES string of the molecule is CC(C)NCc1cnccc1OCC1CC1. The molecule has 0 aromatic carbocycles. The minimum absolute atomic E-state index is 0.483. The number of nitrogens with one attached hydrogen (secondary N) is 1. The van der Waals surface area contributed by atoms with Crippen molar-refractivity contribution in [2.75, 3.05) is 6.61 Å². The second kappa shape index (κ2) is 5.30. The van der Waals surface area contributed by atoms with Gasteiger partial charge >= 0.3 is 0 Å². The molecule has 16 heavy (non-hydrogen) atoms. The molecule has 1 heterocycles. The van der Waals surface area contributed by atoms with E-state index in [4.69, 9.17) is 4.74 Å². The summed E-state index contributed by atoms with van der Waals surface area (Å²) in [4.78, 5) is 4.15. The molecule has 1 aliphatic rings. The van der Waals surface area contributed by atoms with Gasteiger partial charge in [-0.3, -0.25) is 4.98 Å². The largest absolute Gasteiger partial charge is 0.493 e. The van der Waals surface area contributed by atoms with Gasteiger partial charge < -0.3 is 10.1 Å². The maximum Gasteiger partial charge on any atom is 0.126 e. The zero-order chi connectivity index (χ0) is 11.4. The second-order valence-corrected chi connectivity index (χ2v) is 4.77. The highest BCUT2D eigenvalue weighted by Crippen LogP contribution is 2.30. The number of hydrogen-bond donors (Lipinski definition) is 1. The minimum Gasteiger partial charge on any atom is -0.493 e. The molecule has 3 heteroatoms. The normalized spacial score (nSPS) is 15.4. The number of rotatable bonds is 6. The van der Waals surface area contributed by atoms with Gasteiger partial charge in [0.05, 0.1) is 6.61 Å². The summed E-state index contributed by atoms with van der Waals surface area (Å²) in [6.45, 7) is 5.96. The van der Waals surface area contributed by atoms with Gasteiger partial charge in [-0.15, -0.1) is 0 Å². The zero-order valence-electron chi connectivity index (χ0n) is 10.1. The van der Waals surface area contributed by atoms with Crippen molar-refractivity contribution >= 4 is 0 Å². The third kappa shape index (κ3) is 3.49. The fourth-order valence-corrected chi connectivity index (χ4v) is 1.49. The summed E-state index contributed by atoms with van der Waals surface area (Å²) in [5.41, 5.74) is 1.15. The molecular weight excluding hydrogens is 200 g/mol. The molecule has 0 radical (unpaired) electrons. The van der Waals surface area contributed by atoms with Gasteiger partial charge in [0.15, 0.2) is 0 Å². The van der Waals surface area contributed by atoms with Crippen LogP contribution >= 0.6 is 0 Å². The first-order valence-corrected chi connectivity index (χ1v) is 6.05. The van der Waals surface area contributed by atoms with Crippen molar-refractivity contribution in [3.05, 3.63) is 24.0 Å². The third-order valence-electron chi connectivity index (χ3n) is 2.73. The van der Waals surface area contributed by atoms with Gasteiger partial charge in [0.2, 0.25) is 0 Å². The van der Waals surface area contributed by atoms with Gasteiger partial charge in [-0.2, -0.15) is 0 Å². The lowest BCUT2D eigenvalue weighted by molar-refractivity contribution is 0.295. The van der Waals surface area contributed by atoms with E-state index in [1.54, 1.807) is 6.20 Å². The molecule has 1 N–H and O–H groups in total. The standard InChI is InChI=1S/C13H20N2O/c1-10(2)15-8-12-7-14-6-5-13(12)16-9-11-3-4-11/h5-7,10-11,15H,3-4,8-9H2,1-2H3. The topological polar surface area (TPSA) is 34.2 Å². The highest BCUT2D eigenvalue weighted by Gasteiger charge is 2.22. The van der Waals surface area contributed by atoms with E-state index in [1.807, 2.05) is 12.3 Å². The van der Waals surface area contributed by atoms with Crippen LogP contribution in [-0.4, -0.2) is 17.6 Å². The first-order chi connectivity index (χ1) is 7.75. The van der Waals surface area contributed by atoms with Gasteiger partial charge in [-0.1, -0.05) is 13.8 Å². The van der Waals surface area contributed by atoms with Gasteiger partial charge in [0, 0.05) is 30.5 Å². The van der Waals surface area contributed by atoms with Crippen molar-refractivity contribution in [2.45, 2.75) is 39.3 Å². The van der Waals surface area contributed by atoms with Crippen LogP contribution in [0.4, 0.5) is 0 Å². The average Bonchev–Trinajstić information content (AvgIpc) is 3.08. The molecule has 1 aromatic rings. The van der Waals surface area contributed by atoms with E-state index in [0.29, 0.717) is 6.04 Å². The van der Waals surface area contributed by atoms with E-state index in [2.05, 4.69) is 24.1 Å². The number of nitrogens with zero attached hydrogens (tertiary/aromatic N) is 1. The highest BCUT2D eigenvalue weighted by molar-refractivity contribution is 5.30. The summed E-state index contributed by atoms with van der Waals surface area (Å²) in [5.74, 6) is 1.77. The Morgan fingerprint density at radius 2 is 2.31 bits per heavy atom. The maximum absolute atomic E-state index is 5.81. The van der Waals surface area contributed by atoms with Crippen LogP contribution in [0, 0.1) is 5.92 Å². The Balaban J connectivity index is 1.92. The van der Waals surface area contributed by atoms with Crippen LogP contribution in [0.5, 0.6) is 5.75 Å². The van der Waals surface area contributed by atoms with Crippen LogP contribution in [0.25, 0.3) is 0 Å². The molecule has 0 spiro atoms. The smallest absolute Gasteiger partial charge is 0.126 e. The lowest BCUT2D eigenvalue weighted by Gasteiger charge is -2.12. The van der Waals surface area contributed by atoms with Crippen LogP contribution in [0.1, 0.15) is 32.3 Å². The summed E-state index contributed by atoms with van der Waals surface area (Å²) >= 11 is 0. The Kier molecular flexibility index (Phi) is 3.78. The van der Waals surface area contributed by atoms with E-state index in [-0.39, 0.29) is 0 Å². The van der Waals surface area contributed by atoms with Crippen molar-refractivity contribution in [3.63, 3.8) is 0 Å². The van der Waals surface area contributed by atoms with Crippen LogP contribution in [0.3, 0.4) is 0 Å². The van der Waals surface area contributed by atoms with Crippen LogP contribution < -0.4 is 10.1 Å². The van der Waals surface area contributed by atoms with Gasteiger partial charge in [-0.25, -0.2) is 0 Å². The molecule has 0 aliphatic heterocycles. The molecule has 2 rings (SSSR count). The number of hydrogen-bond acceptors (Lipinski definition) is 3. The Labute approximate surface area is 97.2 Å². The fourth-order valence-electron chi connectivity index (χ4n) is 1.49. The van der Waals surface area contributed by atoms with Crippen LogP contribution in [-0.2, 0) is 6.54 Å². The number of pyridine rings is 1. The molecule has 1 aliphatic carbocycles. The quantitative estimate of drug-likeness (QED) is 0.799. The average molecular weight is 220 g/mol. The van der Waals surface area contributed by atoms with Crippen LogP contribution in [0.2, 0.25) is 0 Å². The first-order valence-electron chi connectivity index (χ1n) is 6.05. The molecular formula is C13H20N2O. The molecule has 1 saturated carbocycles. The zero-order valence-corrected chi connectivity index (χ0v) is 10.1. The lowest BCUT2D eigenvalue weighted by Crippen LogP contribution is -2.22.